The van der Waals surface area contributed by atoms with Gasteiger partial charge in [-0.2, -0.15) is 4.39 Å². The Bertz CT molecular complexity index is 599. The molecule has 2 aromatic rings. The summed E-state index contributed by atoms with van der Waals surface area (Å²) in [4.78, 5) is 19.7. The van der Waals surface area contributed by atoms with Crippen molar-refractivity contribution in [1.29, 1.82) is 0 Å². The summed E-state index contributed by atoms with van der Waals surface area (Å²) in [6.07, 6.45) is 8.34. The van der Waals surface area contributed by atoms with E-state index in [4.69, 9.17) is 0 Å². The standard InChI is InChI=1S/C14H15FN4O/c15-13-6-2-4-11(17-13)14(20)18-10-3-1-5-12(10)19-8-7-16-9-19/h2,4,6-10,12H,1,3,5H2,(H,18,20). The van der Waals surface area contributed by atoms with Crippen LogP contribution < -0.4 is 5.32 Å². The molecule has 0 bridgehead atoms. The minimum Gasteiger partial charge on any atom is -0.346 e. The summed E-state index contributed by atoms with van der Waals surface area (Å²) in [5.74, 6) is -0.975. The Morgan fingerprint density at radius 2 is 2.30 bits per heavy atom. The van der Waals surface area contributed by atoms with Gasteiger partial charge in [-0.3, -0.25) is 4.79 Å². The molecule has 2 unspecified atom stereocenters. The fourth-order valence-electron chi connectivity index (χ4n) is 2.71. The van der Waals surface area contributed by atoms with Crippen molar-refractivity contribution < 1.29 is 9.18 Å². The van der Waals surface area contributed by atoms with Gasteiger partial charge in [0.05, 0.1) is 12.4 Å². The molecule has 6 heteroatoms. The number of hydrogen-bond acceptors (Lipinski definition) is 3. The lowest BCUT2D eigenvalue weighted by molar-refractivity contribution is 0.0922. The third kappa shape index (κ3) is 2.54. The lowest BCUT2D eigenvalue weighted by atomic mass is 10.1. The first-order valence-electron chi connectivity index (χ1n) is 6.65. The largest absolute Gasteiger partial charge is 0.346 e. The lowest BCUT2D eigenvalue weighted by Crippen LogP contribution is -2.38. The van der Waals surface area contributed by atoms with Crippen molar-refractivity contribution in [2.45, 2.75) is 31.3 Å². The van der Waals surface area contributed by atoms with Gasteiger partial charge in [0.15, 0.2) is 0 Å². The van der Waals surface area contributed by atoms with Gasteiger partial charge >= 0.3 is 0 Å². The molecule has 5 nitrogen and oxygen atoms in total. The SMILES string of the molecule is O=C(NC1CCCC1n1ccnc1)c1cccc(F)n1. The van der Waals surface area contributed by atoms with E-state index in [0.717, 1.165) is 19.3 Å². The van der Waals surface area contributed by atoms with E-state index in [1.165, 1.54) is 18.2 Å². The van der Waals surface area contributed by atoms with E-state index in [9.17, 15) is 9.18 Å². The van der Waals surface area contributed by atoms with Gasteiger partial charge in [-0.05, 0) is 31.4 Å². The summed E-state index contributed by atoms with van der Waals surface area (Å²) in [5, 5.41) is 2.94. The first kappa shape index (κ1) is 12.8. The quantitative estimate of drug-likeness (QED) is 0.870. The molecule has 0 spiro atoms. The molecule has 1 N–H and O–H groups in total. The predicted octanol–water partition coefficient (Wildman–Crippen LogP) is 1.94. The highest BCUT2D eigenvalue weighted by Crippen LogP contribution is 2.30. The van der Waals surface area contributed by atoms with E-state index in [2.05, 4.69) is 15.3 Å². The van der Waals surface area contributed by atoms with Crippen LogP contribution in [0, 0.1) is 5.95 Å². The first-order valence-corrected chi connectivity index (χ1v) is 6.65. The van der Waals surface area contributed by atoms with Gasteiger partial charge in [0, 0.05) is 18.4 Å². The van der Waals surface area contributed by atoms with Crippen LogP contribution in [0.4, 0.5) is 4.39 Å². The van der Waals surface area contributed by atoms with Gasteiger partial charge < -0.3 is 9.88 Å². The molecule has 0 radical (unpaired) electrons. The van der Waals surface area contributed by atoms with Crippen LogP contribution in [0.25, 0.3) is 0 Å². The van der Waals surface area contributed by atoms with Crippen molar-refractivity contribution in [2.75, 3.05) is 0 Å². The number of carbonyl (C=O) groups excluding carboxylic acids is 1. The van der Waals surface area contributed by atoms with Gasteiger partial charge in [0.2, 0.25) is 5.95 Å². The van der Waals surface area contributed by atoms with E-state index in [0.29, 0.717) is 0 Å². The summed E-state index contributed by atoms with van der Waals surface area (Å²) >= 11 is 0. The fraction of sp³-hybridized carbons (Fsp3) is 0.357. The monoisotopic (exact) mass is 274 g/mol. The highest BCUT2D eigenvalue weighted by atomic mass is 19.1. The molecule has 0 aliphatic heterocycles. The normalized spacial score (nSPS) is 21.9. The van der Waals surface area contributed by atoms with Crippen LogP contribution in [0.2, 0.25) is 0 Å². The molecule has 2 heterocycles. The molecular formula is C14H15FN4O. The van der Waals surface area contributed by atoms with Crippen LogP contribution in [-0.4, -0.2) is 26.5 Å². The van der Waals surface area contributed by atoms with Crippen LogP contribution in [0.15, 0.2) is 36.9 Å². The second kappa shape index (κ2) is 5.40. The zero-order valence-corrected chi connectivity index (χ0v) is 10.9. The maximum absolute atomic E-state index is 13.0. The third-order valence-electron chi connectivity index (χ3n) is 3.65. The number of hydrogen-bond donors (Lipinski definition) is 1. The second-order valence-electron chi connectivity index (χ2n) is 4.93. The number of nitrogens with one attached hydrogen (secondary N) is 1. The second-order valence-corrected chi connectivity index (χ2v) is 4.93. The summed E-state index contributed by atoms with van der Waals surface area (Å²) in [5.41, 5.74) is 0.112. The molecule has 1 aliphatic rings. The Labute approximate surface area is 115 Å². The molecule has 104 valence electrons. The van der Waals surface area contributed by atoms with Crippen LogP contribution in [0.3, 0.4) is 0 Å². The average Bonchev–Trinajstić information content (AvgIpc) is 3.08. The maximum atomic E-state index is 13.0. The molecule has 2 aromatic heterocycles. The zero-order chi connectivity index (χ0) is 13.9. The summed E-state index contributed by atoms with van der Waals surface area (Å²) in [6, 6.07) is 4.45. The van der Waals surface area contributed by atoms with Gasteiger partial charge in [-0.15, -0.1) is 0 Å². The lowest BCUT2D eigenvalue weighted by Gasteiger charge is -2.21. The zero-order valence-electron chi connectivity index (χ0n) is 10.9. The number of nitrogens with zero attached hydrogens (tertiary/aromatic N) is 3. The van der Waals surface area contributed by atoms with Crippen molar-refractivity contribution in [3.63, 3.8) is 0 Å². The Morgan fingerprint density at radius 1 is 1.40 bits per heavy atom. The summed E-state index contributed by atoms with van der Waals surface area (Å²) in [6.45, 7) is 0. The Balaban J connectivity index is 1.72. The van der Waals surface area contributed by atoms with Crippen LogP contribution in [0.1, 0.15) is 35.8 Å². The third-order valence-corrected chi connectivity index (χ3v) is 3.65. The van der Waals surface area contributed by atoms with Crippen LogP contribution in [-0.2, 0) is 0 Å². The molecule has 1 saturated carbocycles. The van der Waals surface area contributed by atoms with Crippen molar-refractivity contribution in [3.05, 3.63) is 48.6 Å². The van der Waals surface area contributed by atoms with Crippen molar-refractivity contribution in [1.82, 2.24) is 19.9 Å². The number of amides is 1. The van der Waals surface area contributed by atoms with Gasteiger partial charge in [0.25, 0.3) is 5.91 Å². The van der Waals surface area contributed by atoms with Gasteiger partial charge in [0.1, 0.15) is 5.69 Å². The van der Waals surface area contributed by atoms with Crippen molar-refractivity contribution in [3.8, 4) is 0 Å². The molecule has 0 saturated heterocycles. The molecular weight excluding hydrogens is 259 g/mol. The van der Waals surface area contributed by atoms with E-state index in [1.807, 2.05) is 10.8 Å². The molecule has 2 atom stereocenters. The Morgan fingerprint density at radius 3 is 3.05 bits per heavy atom. The number of carbonyl (C=O) groups is 1. The molecule has 1 fully saturated rings. The molecule has 1 aliphatic carbocycles. The first-order chi connectivity index (χ1) is 9.74. The number of imidazole rings is 1. The maximum Gasteiger partial charge on any atom is 0.270 e. The van der Waals surface area contributed by atoms with Crippen molar-refractivity contribution in [2.24, 2.45) is 0 Å². The highest BCUT2D eigenvalue weighted by Gasteiger charge is 2.30. The van der Waals surface area contributed by atoms with Gasteiger partial charge in [-0.25, -0.2) is 9.97 Å². The molecule has 20 heavy (non-hydrogen) atoms. The Hall–Kier alpha value is -2.24. The fourth-order valence-corrected chi connectivity index (χ4v) is 2.71. The average molecular weight is 274 g/mol. The Kier molecular flexibility index (Phi) is 3.45. The summed E-state index contributed by atoms with van der Waals surface area (Å²) < 4.78 is 15.0. The summed E-state index contributed by atoms with van der Waals surface area (Å²) in [7, 11) is 0. The number of halogens is 1. The van der Waals surface area contributed by atoms with Crippen LogP contribution in [0.5, 0.6) is 0 Å². The van der Waals surface area contributed by atoms with Gasteiger partial charge in [-0.1, -0.05) is 6.07 Å². The number of pyridine rings is 1. The highest BCUT2D eigenvalue weighted by molar-refractivity contribution is 5.92. The van der Waals surface area contributed by atoms with E-state index in [1.54, 1.807) is 12.5 Å². The van der Waals surface area contributed by atoms with Crippen molar-refractivity contribution >= 4 is 5.91 Å². The van der Waals surface area contributed by atoms with Crippen LogP contribution >= 0.6 is 0 Å². The minimum absolute atomic E-state index is 0.0294. The van der Waals surface area contributed by atoms with E-state index in [-0.39, 0.29) is 23.7 Å². The van der Waals surface area contributed by atoms with E-state index >= 15 is 0 Å². The molecule has 1 amide bonds. The topological polar surface area (TPSA) is 59.8 Å². The smallest absolute Gasteiger partial charge is 0.270 e. The van der Waals surface area contributed by atoms with E-state index < -0.39 is 5.95 Å². The number of rotatable bonds is 3. The minimum atomic E-state index is -0.643. The molecule has 3 rings (SSSR count). The number of aromatic nitrogens is 3. The molecule has 0 aromatic carbocycles. The predicted molar refractivity (Wildman–Crippen MR) is 70.6 cm³/mol.